The third-order valence-corrected chi connectivity index (χ3v) is 4.25. The van der Waals surface area contributed by atoms with Crippen molar-refractivity contribution in [2.24, 2.45) is 10.9 Å². The molecule has 0 amide bonds. The van der Waals surface area contributed by atoms with Crippen LogP contribution in [0.4, 0.5) is 4.39 Å². The Bertz CT molecular complexity index is 777. The molecule has 1 atom stereocenters. The summed E-state index contributed by atoms with van der Waals surface area (Å²) in [5.41, 5.74) is 2.91. The lowest BCUT2D eigenvalue weighted by Crippen LogP contribution is -2.34. The van der Waals surface area contributed by atoms with Gasteiger partial charge in [0.05, 0.1) is 17.2 Å². The highest BCUT2D eigenvalue weighted by Crippen LogP contribution is 2.30. The van der Waals surface area contributed by atoms with Crippen LogP contribution in [0.2, 0.25) is 0 Å². The first-order valence-corrected chi connectivity index (χ1v) is 7.85. The molecule has 3 heteroatoms. The Morgan fingerprint density at radius 2 is 1.87 bits per heavy atom. The van der Waals surface area contributed by atoms with E-state index in [2.05, 4.69) is 0 Å². The molecule has 1 heterocycles. The van der Waals surface area contributed by atoms with Gasteiger partial charge in [-0.3, -0.25) is 9.79 Å². The van der Waals surface area contributed by atoms with Gasteiger partial charge >= 0.3 is 0 Å². The number of rotatable bonds is 3. The lowest BCUT2D eigenvalue weighted by Gasteiger charge is -2.31. The summed E-state index contributed by atoms with van der Waals surface area (Å²) in [6.45, 7) is 5.91. The molecule has 1 aliphatic rings. The second-order valence-corrected chi connectivity index (χ2v) is 6.74. The number of hydrogen-bond donors (Lipinski definition) is 0. The standard InChI is InChI=1S/C20H20FNO/c1-13(19(23)14-7-5-4-6-8-14)18-17-10-9-16(21)11-15(17)12-20(2,3)22-18/h4-11,13H,12H2,1-3H3. The van der Waals surface area contributed by atoms with Crippen LogP contribution >= 0.6 is 0 Å². The SMILES string of the molecule is CC(C(=O)c1ccccc1)C1=NC(C)(C)Cc2cc(F)ccc21. The molecule has 0 aromatic heterocycles. The number of benzene rings is 2. The predicted molar refractivity (Wildman–Crippen MR) is 90.7 cm³/mol. The fourth-order valence-corrected chi connectivity index (χ4v) is 3.16. The van der Waals surface area contributed by atoms with Gasteiger partial charge in [-0.25, -0.2) is 4.39 Å². The van der Waals surface area contributed by atoms with Crippen molar-refractivity contribution < 1.29 is 9.18 Å². The molecule has 0 saturated heterocycles. The van der Waals surface area contributed by atoms with E-state index < -0.39 is 0 Å². The fourth-order valence-electron chi connectivity index (χ4n) is 3.16. The summed E-state index contributed by atoms with van der Waals surface area (Å²) >= 11 is 0. The minimum absolute atomic E-state index is 0.0392. The second kappa shape index (κ2) is 5.73. The topological polar surface area (TPSA) is 29.4 Å². The van der Waals surface area contributed by atoms with Crippen molar-refractivity contribution in [1.82, 2.24) is 0 Å². The van der Waals surface area contributed by atoms with Gasteiger partial charge in [0.1, 0.15) is 5.82 Å². The molecule has 1 unspecified atom stereocenters. The number of carbonyl (C=O) groups excluding carboxylic acids is 1. The summed E-state index contributed by atoms with van der Waals surface area (Å²) in [6.07, 6.45) is 0.676. The molecule has 0 N–H and O–H groups in total. The van der Waals surface area contributed by atoms with Crippen LogP contribution in [0.1, 0.15) is 42.3 Å². The maximum Gasteiger partial charge on any atom is 0.171 e. The third kappa shape index (κ3) is 3.09. The van der Waals surface area contributed by atoms with Crippen molar-refractivity contribution in [2.45, 2.75) is 32.7 Å². The van der Waals surface area contributed by atoms with Gasteiger partial charge in [-0.2, -0.15) is 0 Å². The number of aliphatic imine (C=N–C) groups is 1. The van der Waals surface area contributed by atoms with Crippen molar-refractivity contribution in [2.75, 3.05) is 0 Å². The average Bonchev–Trinajstić information content (AvgIpc) is 2.52. The van der Waals surface area contributed by atoms with Crippen molar-refractivity contribution in [1.29, 1.82) is 0 Å². The van der Waals surface area contributed by atoms with E-state index in [1.807, 2.05) is 51.1 Å². The lowest BCUT2D eigenvalue weighted by atomic mass is 9.81. The van der Waals surface area contributed by atoms with Gasteiger partial charge in [-0.05, 0) is 56.5 Å². The summed E-state index contributed by atoms with van der Waals surface area (Å²) in [5.74, 6) is -0.568. The number of fused-ring (bicyclic) bond motifs is 1. The lowest BCUT2D eigenvalue weighted by molar-refractivity contribution is 0.0961. The molecule has 23 heavy (non-hydrogen) atoms. The molecule has 0 radical (unpaired) electrons. The van der Waals surface area contributed by atoms with E-state index in [1.165, 1.54) is 6.07 Å². The van der Waals surface area contributed by atoms with Crippen molar-refractivity contribution >= 4 is 11.5 Å². The largest absolute Gasteiger partial charge is 0.293 e. The van der Waals surface area contributed by atoms with Gasteiger partial charge in [-0.15, -0.1) is 0 Å². The highest BCUT2D eigenvalue weighted by Gasteiger charge is 2.32. The van der Waals surface area contributed by atoms with Gasteiger partial charge in [0.2, 0.25) is 0 Å². The highest BCUT2D eigenvalue weighted by molar-refractivity contribution is 6.18. The number of ketones is 1. The summed E-state index contributed by atoms with van der Waals surface area (Å²) < 4.78 is 13.6. The minimum Gasteiger partial charge on any atom is -0.293 e. The average molecular weight is 309 g/mol. The van der Waals surface area contributed by atoms with Gasteiger partial charge < -0.3 is 0 Å². The van der Waals surface area contributed by atoms with E-state index in [0.29, 0.717) is 12.0 Å². The third-order valence-electron chi connectivity index (χ3n) is 4.25. The van der Waals surface area contributed by atoms with E-state index >= 15 is 0 Å². The normalized spacial score (nSPS) is 17.1. The number of nitrogens with zero attached hydrogens (tertiary/aromatic N) is 1. The van der Waals surface area contributed by atoms with Crippen molar-refractivity contribution in [3.63, 3.8) is 0 Å². The predicted octanol–water partition coefficient (Wildman–Crippen LogP) is 4.47. The smallest absolute Gasteiger partial charge is 0.171 e. The highest BCUT2D eigenvalue weighted by atomic mass is 19.1. The molecule has 118 valence electrons. The molecule has 2 aromatic carbocycles. The maximum atomic E-state index is 13.6. The van der Waals surface area contributed by atoms with E-state index in [1.54, 1.807) is 12.1 Å². The molecule has 3 rings (SSSR count). The van der Waals surface area contributed by atoms with Crippen LogP contribution in [0.5, 0.6) is 0 Å². The monoisotopic (exact) mass is 309 g/mol. The summed E-state index contributed by atoms with van der Waals surface area (Å²) in [4.78, 5) is 17.6. The number of halogens is 1. The molecule has 0 aliphatic carbocycles. The second-order valence-electron chi connectivity index (χ2n) is 6.74. The first kappa shape index (κ1) is 15.6. The zero-order valence-corrected chi connectivity index (χ0v) is 13.6. The zero-order valence-electron chi connectivity index (χ0n) is 13.6. The Morgan fingerprint density at radius 1 is 1.17 bits per heavy atom. The molecule has 0 spiro atoms. The summed E-state index contributed by atoms with van der Waals surface area (Å²) in [6, 6.07) is 14.0. The maximum absolute atomic E-state index is 13.6. The van der Waals surface area contributed by atoms with Crippen LogP contribution in [0.15, 0.2) is 53.5 Å². The van der Waals surface area contributed by atoms with E-state index in [0.717, 1.165) is 16.8 Å². The van der Waals surface area contributed by atoms with Gasteiger partial charge in [-0.1, -0.05) is 30.3 Å². The van der Waals surface area contributed by atoms with Gasteiger partial charge in [0.25, 0.3) is 0 Å². The van der Waals surface area contributed by atoms with Crippen LogP contribution in [-0.4, -0.2) is 17.0 Å². The van der Waals surface area contributed by atoms with Crippen LogP contribution < -0.4 is 0 Å². The minimum atomic E-state index is -0.360. The quantitative estimate of drug-likeness (QED) is 0.769. The zero-order chi connectivity index (χ0) is 16.6. The molecule has 0 bridgehead atoms. The number of carbonyl (C=O) groups is 1. The van der Waals surface area contributed by atoms with Crippen LogP contribution in [-0.2, 0) is 6.42 Å². The Labute approximate surface area is 136 Å². The van der Waals surface area contributed by atoms with Gasteiger partial charge in [0.15, 0.2) is 5.78 Å². The number of Topliss-reactive ketones (excluding diaryl/α,β-unsaturated/α-hetero) is 1. The molecular weight excluding hydrogens is 289 g/mol. The van der Waals surface area contributed by atoms with Crippen LogP contribution in [0.3, 0.4) is 0 Å². The van der Waals surface area contributed by atoms with E-state index in [-0.39, 0.29) is 23.1 Å². The Balaban J connectivity index is 2.04. The first-order valence-electron chi connectivity index (χ1n) is 7.85. The van der Waals surface area contributed by atoms with Crippen molar-refractivity contribution in [3.8, 4) is 0 Å². The van der Waals surface area contributed by atoms with E-state index in [9.17, 15) is 9.18 Å². The molecule has 2 nitrogen and oxygen atoms in total. The first-order chi connectivity index (χ1) is 10.9. The summed E-state index contributed by atoms with van der Waals surface area (Å²) in [7, 11) is 0. The molecule has 1 aliphatic heterocycles. The molecule has 0 fully saturated rings. The van der Waals surface area contributed by atoms with E-state index in [4.69, 9.17) is 4.99 Å². The molecular formula is C20H20FNO. The number of hydrogen-bond acceptors (Lipinski definition) is 2. The van der Waals surface area contributed by atoms with Crippen LogP contribution in [0, 0.1) is 11.7 Å². The summed E-state index contributed by atoms with van der Waals surface area (Å²) in [5, 5.41) is 0. The Kier molecular flexibility index (Phi) is 3.88. The Morgan fingerprint density at radius 3 is 2.57 bits per heavy atom. The molecule has 0 saturated carbocycles. The fraction of sp³-hybridized carbons (Fsp3) is 0.300. The Hall–Kier alpha value is -2.29. The van der Waals surface area contributed by atoms with Crippen molar-refractivity contribution in [3.05, 3.63) is 71.0 Å². The van der Waals surface area contributed by atoms with Gasteiger partial charge in [0, 0.05) is 5.56 Å². The van der Waals surface area contributed by atoms with Crippen LogP contribution in [0.25, 0.3) is 0 Å². The molecule has 2 aromatic rings.